The molecule has 4 nitrogen and oxygen atoms in total. The van der Waals surface area contributed by atoms with E-state index in [-0.39, 0.29) is 12.5 Å². The van der Waals surface area contributed by atoms with Crippen molar-refractivity contribution in [2.75, 3.05) is 18.4 Å². The van der Waals surface area contributed by atoms with Crippen LogP contribution in [0.5, 0.6) is 0 Å². The molecule has 0 aromatic heterocycles. The van der Waals surface area contributed by atoms with Crippen molar-refractivity contribution in [2.24, 2.45) is 0 Å². The molecule has 0 saturated heterocycles. The summed E-state index contributed by atoms with van der Waals surface area (Å²) >= 11 is 6.07. The van der Waals surface area contributed by atoms with Gasteiger partial charge in [-0.15, -0.1) is 0 Å². The largest absolute Gasteiger partial charge is 0.389 e. The van der Waals surface area contributed by atoms with Gasteiger partial charge in [0.25, 0.3) is 0 Å². The zero-order valence-electron chi connectivity index (χ0n) is 14.0. The number of hydrogen-bond donors (Lipinski definition) is 2. The summed E-state index contributed by atoms with van der Waals surface area (Å²) in [6.45, 7) is 4.61. The molecule has 5 heteroatoms. The lowest BCUT2D eigenvalue weighted by Gasteiger charge is -2.28. The first kappa shape index (κ1) is 18.5. The van der Waals surface area contributed by atoms with Crippen LogP contribution in [0.4, 0.5) is 5.69 Å². The first-order valence-corrected chi connectivity index (χ1v) is 8.24. The number of hydrogen-bond acceptors (Lipinski definition) is 3. The van der Waals surface area contributed by atoms with Crippen LogP contribution >= 0.6 is 11.6 Å². The van der Waals surface area contributed by atoms with Gasteiger partial charge in [0.15, 0.2) is 0 Å². The van der Waals surface area contributed by atoms with Gasteiger partial charge in [-0.3, -0.25) is 9.69 Å². The molecule has 24 heavy (non-hydrogen) atoms. The molecule has 1 amide bonds. The highest BCUT2D eigenvalue weighted by atomic mass is 35.5. The second kappa shape index (κ2) is 8.29. The second-order valence-electron chi connectivity index (χ2n) is 6.47. The van der Waals surface area contributed by atoms with E-state index < -0.39 is 5.60 Å². The van der Waals surface area contributed by atoms with E-state index in [2.05, 4.69) is 5.32 Å². The summed E-state index contributed by atoms with van der Waals surface area (Å²) in [5.41, 5.74) is 0.791. The Bertz CT molecular complexity index is 669. The molecule has 2 rings (SSSR count). The highest BCUT2D eigenvalue weighted by Crippen LogP contribution is 2.20. The Morgan fingerprint density at radius 3 is 2.38 bits per heavy atom. The average Bonchev–Trinajstić information content (AvgIpc) is 2.49. The Balaban J connectivity index is 2.04. The van der Waals surface area contributed by atoms with Crippen molar-refractivity contribution < 1.29 is 9.90 Å². The third-order valence-corrected chi connectivity index (χ3v) is 3.70. The number of anilines is 1. The van der Waals surface area contributed by atoms with Crippen LogP contribution in [0.25, 0.3) is 0 Å². The highest BCUT2D eigenvalue weighted by Gasteiger charge is 2.21. The zero-order valence-corrected chi connectivity index (χ0v) is 14.8. The van der Waals surface area contributed by atoms with Crippen LogP contribution < -0.4 is 5.32 Å². The number of carbonyl (C=O) groups is 1. The lowest BCUT2D eigenvalue weighted by atomic mass is 10.1. The third-order valence-electron chi connectivity index (χ3n) is 3.37. The number of nitrogens with one attached hydrogen (secondary N) is 1. The van der Waals surface area contributed by atoms with Gasteiger partial charge in [0, 0.05) is 13.1 Å². The summed E-state index contributed by atoms with van der Waals surface area (Å²) in [5.74, 6) is -0.164. The molecule has 2 aromatic carbocycles. The summed E-state index contributed by atoms with van der Waals surface area (Å²) in [7, 11) is 0. The molecular formula is C19H23ClN2O2. The molecule has 0 radical (unpaired) electrons. The zero-order chi connectivity index (χ0) is 17.6. The van der Waals surface area contributed by atoms with E-state index in [9.17, 15) is 9.90 Å². The molecule has 0 heterocycles. The molecule has 0 aliphatic rings. The van der Waals surface area contributed by atoms with Crippen LogP contribution in [0.1, 0.15) is 19.4 Å². The van der Waals surface area contributed by atoms with E-state index in [0.717, 1.165) is 5.56 Å². The number of amides is 1. The van der Waals surface area contributed by atoms with Gasteiger partial charge < -0.3 is 10.4 Å². The minimum atomic E-state index is -0.889. The minimum absolute atomic E-state index is 0.164. The summed E-state index contributed by atoms with van der Waals surface area (Å²) in [6.07, 6.45) is 0. The van der Waals surface area contributed by atoms with Crippen molar-refractivity contribution in [3.63, 3.8) is 0 Å². The van der Waals surface area contributed by atoms with Crippen LogP contribution in [0.3, 0.4) is 0 Å². The van der Waals surface area contributed by atoms with Gasteiger partial charge in [-0.05, 0) is 31.5 Å². The minimum Gasteiger partial charge on any atom is -0.389 e. The van der Waals surface area contributed by atoms with Crippen LogP contribution in [0, 0.1) is 0 Å². The van der Waals surface area contributed by atoms with Gasteiger partial charge in [-0.2, -0.15) is 0 Å². The maximum absolute atomic E-state index is 12.4. The molecule has 0 bridgehead atoms. The van der Waals surface area contributed by atoms with E-state index in [4.69, 9.17) is 11.6 Å². The monoisotopic (exact) mass is 346 g/mol. The van der Waals surface area contributed by atoms with Crippen LogP contribution in [-0.2, 0) is 11.3 Å². The molecule has 0 aliphatic heterocycles. The molecule has 2 N–H and O–H groups in total. The van der Waals surface area contributed by atoms with Crippen molar-refractivity contribution in [3.05, 3.63) is 65.2 Å². The number of halogens is 1. The Morgan fingerprint density at radius 2 is 1.75 bits per heavy atom. The van der Waals surface area contributed by atoms with Gasteiger partial charge in [0.05, 0.1) is 22.9 Å². The van der Waals surface area contributed by atoms with Crippen LogP contribution in [-0.4, -0.2) is 34.6 Å². The Kier molecular flexibility index (Phi) is 6.37. The van der Waals surface area contributed by atoms with Crippen LogP contribution in [0.15, 0.2) is 54.6 Å². The number of para-hydroxylation sites is 1. The maximum atomic E-state index is 12.4. The van der Waals surface area contributed by atoms with E-state index in [1.165, 1.54) is 0 Å². The van der Waals surface area contributed by atoms with E-state index in [1.807, 2.05) is 47.4 Å². The van der Waals surface area contributed by atoms with Gasteiger partial charge in [-0.1, -0.05) is 54.1 Å². The summed E-state index contributed by atoms with van der Waals surface area (Å²) in [4.78, 5) is 14.3. The van der Waals surface area contributed by atoms with Gasteiger partial charge >= 0.3 is 0 Å². The Morgan fingerprint density at radius 1 is 1.12 bits per heavy atom. The fraction of sp³-hybridized carbons (Fsp3) is 0.316. The first-order chi connectivity index (χ1) is 11.3. The summed E-state index contributed by atoms with van der Waals surface area (Å²) < 4.78 is 0. The van der Waals surface area contributed by atoms with Crippen molar-refractivity contribution >= 4 is 23.2 Å². The predicted molar refractivity (Wildman–Crippen MR) is 98.1 cm³/mol. The fourth-order valence-electron chi connectivity index (χ4n) is 2.51. The molecule has 2 aromatic rings. The number of benzene rings is 2. The van der Waals surface area contributed by atoms with Gasteiger partial charge in [0.2, 0.25) is 5.91 Å². The van der Waals surface area contributed by atoms with Gasteiger partial charge in [0.1, 0.15) is 0 Å². The maximum Gasteiger partial charge on any atom is 0.238 e. The number of carbonyl (C=O) groups excluding carboxylic acids is 1. The quantitative estimate of drug-likeness (QED) is 0.806. The third kappa shape index (κ3) is 6.32. The molecule has 0 atom stereocenters. The highest BCUT2D eigenvalue weighted by molar-refractivity contribution is 6.33. The van der Waals surface area contributed by atoms with E-state index >= 15 is 0 Å². The molecular weight excluding hydrogens is 324 g/mol. The topological polar surface area (TPSA) is 52.6 Å². The molecule has 0 aliphatic carbocycles. The fourth-order valence-corrected chi connectivity index (χ4v) is 2.69. The molecule has 0 saturated carbocycles. The normalized spacial score (nSPS) is 11.5. The van der Waals surface area contributed by atoms with E-state index in [0.29, 0.717) is 23.8 Å². The van der Waals surface area contributed by atoms with Gasteiger partial charge in [-0.25, -0.2) is 0 Å². The lowest BCUT2D eigenvalue weighted by Crippen LogP contribution is -2.42. The summed E-state index contributed by atoms with van der Waals surface area (Å²) in [5, 5.41) is 13.4. The lowest BCUT2D eigenvalue weighted by molar-refractivity contribution is -0.118. The first-order valence-electron chi connectivity index (χ1n) is 7.86. The average molecular weight is 347 g/mol. The Hall–Kier alpha value is -1.88. The van der Waals surface area contributed by atoms with Crippen molar-refractivity contribution in [1.29, 1.82) is 0 Å². The van der Waals surface area contributed by atoms with Crippen molar-refractivity contribution in [3.8, 4) is 0 Å². The number of rotatable bonds is 7. The van der Waals surface area contributed by atoms with Crippen LogP contribution in [0.2, 0.25) is 5.02 Å². The predicted octanol–water partition coefficient (Wildman–Crippen LogP) is 3.55. The number of nitrogens with zero attached hydrogens (tertiary/aromatic N) is 1. The molecule has 0 unspecified atom stereocenters. The second-order valence-corrected chi connectivity index (χ2v) is 6.88. The Labute approximate surface area is 148 Å². The number of aliphatic hydroxyl groups is 1. The molecule has 0 fully saturated rings. The molecule has 0 spiro atoms. The van der Waals surface area contributed by atoms with Crippen molar-refractivity contribution in [2.45, 2.75) is 26.0 Å². The van der Waals surface area contributed by atoms with E-state index in [1.54, 1.807) is 26.0 Å². The van der Waals surface area contributed by atoms with Crippen molar-refractivity contribution in [1.82, 2.24) is 4.90 Å². The standard InChI is InChI=1S/C19H23ClN2O2/c1-19(2,24)14-22(12-15-8-4-3-5-9-15)13-18(23)21-17-11-7-6-10-16(17)20/h3-11,24H,12-14H2,1-2H3,(H,21,23). The smallest absolute Gasteiger partial charge is 0.238 e. The SMILES string of the molecule is CC(C)(O)CN(CC(=O)Nc1ccccc1Cl)Cc1ccccc1. The summed E-state index contributed by atoms with van der Waals surface area (Å²) in [6, 6.07) is 17.0. The molecule has 128 valence electrons.